The summed E-state index contributed by atoms with van der Waals surface area (Å²) in [5, 5.41) is 6.44. The molecular weight excluding hydrogens is 272 g/mol. The van der Waals surface area contributed by atoms with Crippen LogP contribution < -0.4 is 16.4 Å². The molecule has 1 saturated carbocycles. The van der Waals surface area contributed by atoms with E-state index in [1.807, 2.05) is 18.2 Å². The standard InChI is InChI=1S/C14H18N4OS/c15-9-6-7-11-12(8-9)20-14(17-11)18-13(19)16-10-4-2-1-3-5-10/h6-8,10H,1-5,15H2,(H2,16,17,18,19). The number of carbonyl (C=O) groups is 1. The number of carbonyl (C=O) groups excluding carboxylic acids is 1. The highest BCUT2D eigenvalue weighted by atomic mass is 32.1. The molecule has 0 spiro atoms. The molecule has 20 heavy (non-hydrogen) atoms. The highest BCUT2D eigenvalue weighted by Gasteiger charge is 2.16. The molecule has 2 amide bonds. The smallest absolute Gasteiger partial charge is 0.321 e. The van der Waals surface area contributed by atoms with Gasteiger partial charge in [0.2, 0.25) is 0 Å². The van der Waals surface area contributed by atoms with Crippen LogP contribution in [0.4, 0.5) is 15.6 Å². The Balaban J connectivity index is 1.64. The van der Waals surface area contributed by atoms with E-state index in [-0.39, 0.29) is 6.03 Å². The summed E-state index contributed by atoms with van der Waals surface area (Å²) >= 11 is 1.44. The molecule has 0 bridgehead atoms. The molecule has 0 radical (unpaired) electrons. The number of nitrogens with one attached hydrogen (secondary N) is 2. The summed E-state index contributed by atoms with van der Waals surface area (Å²) in [6.07, 6.45) is 5.82. The number of fused-ring (bicyclic) bond motifs is 1. The van der Waals surface area contributed by atoms with E-state index in [1.165, 1.54) is 30.6 Å². The van der Waals surface area contributed by atoms with Crippen molar-refractivity contribution in [2.24, 2.45) is 0 Å². The lowest BCUT2D eigenvalue weighted by molar-refractivity contribution is 0.244. The first-order chi connectivity index (χ1) is 9.70. The number of aromatic nitrogens is 1. The summed E-state index contributed by atoms with van der Waals surface area (Å²) in [7, 11) is 0. The Labute approximate surface area is 121 Å². The van der Waals surface area contributed by atoms with Crippen molar-refractivity contribution in [3.05, 3.63) is 18.2 Å². The van der Waals surface area contributed by atoms with E-state index >= 15 is 0 Å². The van der Waals surface area contributed by atoms with Crippen LogP contribution in [0.15, 0.2) is 18.2 Å². The SMILES string of the molecule is Nc1ccc2nc(NC(=O)NC3CCCCC3)sc2c1. The van der Waals surface area contributed by atoms with Gasteiger partial charge in [0.05, 0.1) is 10.2 Å². The fourth-order valence-corrected chi connectivity index (χ4v) is 3.47. The maximum absolute atomic E-state index is 11.9. The van der Waals surface area contributed by atoms with Gasteiger partial charge in [-0.25, -0.2) is 9.78 Å². The van der Waals surface area contributed by atoms with Crippen molar-refractivity contribution >= 4 is 38.4 Å². The molecule has 1 fully saturated rings. The number of amides is 2. The zero-order chi connectivity index (χ0) is 13.9. The van der Waals surface area contributed by atoms with Gasteiger partial charge in [0.15, 0.2) is 5.13 Å². The van der Waals surface area contributed by atoms with E-state index in [0.717, 1.165) is 23.1 Å². The molecule has 0 atom stereocenters. The molecule has 0 aliphatic heterocycles. The molecule has 0 saturated heterocycles. The van der Waals surface area contributed by atoms with Crippen LogP contribution in [0.2, 0.25) is 0 Å². The molecule has 1 aromatic heterocycles. The van der Waals surface area contributed by atoms with Crippen molar-refractivity contribution in [1.82, 2.24) is 10.3 Å². The number of hydrogen-bond acceptors (Lipinski definition) is 4. The van der Waals surface area contributed by atoms with E-state index in [1.54, 1.807) is 0 Å². The Kier molecular flexibility index (Phi) is 3.73. The summed E-state index contributed by atoms with van der Waals surface area (Å²) in [5.41, 5.74) is 7.30. The molecule has 4 N–H and O–H groups in total. The third-order valence-electron chi connectivity index (χ3n) is 3.57. The number of rotatable bonds is 2. The normalized spacial score (nSPS) is 16.2. The van der Waals surface area contributed by atoms with Crippen molar-refractivity contribution in [1.29, 1.82) is 0 Å². The summed E-state index contributed by atoms with van der Waals surface area (Å²) < 4.78 is 0.984. The summed E-state index contributed by atoms with van der Waals surface area (Å²) in [4.78, 5) is 16.3. The number of urea groups is 1. The molecule has 2 aromatic rings. The van der Waals surface area contributed by atoms with Gasteiger partial charge in [-0.2, -0.15) is 0 Å². The predicted octanol–water partition coefficient (Wildman–Crippen LogP) is 3.33. The van der Waals surface area contributed by atoms with Crippen LogP contribution in [0.25, 0.3) is 10.2 Å². The first-order valence-electron chi connectivity index (χ1n) is 6.94. The Hall–Kier alpha value is -1.82. The Morgan fingerprint density at radius 1 is 1.30 bits per heavy atom. The maximum atomic E-state index is 11.9. The monoisotopic (exact) mass is 290 g/mol. The highest BCUT2D eigenvalue weighted by molar-refractivity contribution is 7.22. The fraction of sp³-hybridized carbons (Fsp3) is 0.429. The number of anilines is 2. The number of nitrogens with zero attached hydrogens (tertiary/aromatic N) is 1. The average Bonchev–Trinajstić information content (AvgIpc) is 2.80. The maximum Gasteiger partial charge on any atom is 0.321 e. The minimum atomic E-state index is -0.163. The van der Waals surface area contributed by atoms with Crippen LogP contribution in [0.1, 0.15) is 32.1 Å². The van der Waals surface area contributed by atoms with E-state index < -0.39 is 0 Å². The number of benzene rings is 1. The predicted molar refractivity (Wildman–Crippen MR) is 83.1 cm³/mol. The van der Waals surface area contributed by atoms with Gasteiger partial charge in [-0.05, 0) is 31.0 Å². The van der Waals surface area contributed by atoms with Crippen molar-refractivity contribution in [3.8, 4) is 0 Å². The highest BCUT2D eigenvalue weighted by Crippen LogP contribution is 2.27. The van der Waals surface area contributed by atoms with Gasteiger partial charge in [0, 0.05) is 11.7 Å². The van der Waals surface area contributed by atoms with Crippen LogP contribution in [0.3, 0.4) is 0 Å². The van der Waals surface area contributed by atoms with Crippen LogP contribution in [0, 0.1) is 0 Å². The second-order valence-electron chi connectivity index (χ2n) is 5.18. The second kappa shape index (κ2) is 5.66. The van der Waals surface area contributed by atoms with Crippen molar-refractivity contribution in [2.75, 3.05) is 11.1 Å². The minimum absolute atomic E-state index is 0.163. The lowest BCUT2D eigenvalue weighted by Gasteiger charge is -2.22. The lowest BCUT2D eigenvalue weighted by atomic mass is 9.96. The van der Waals surface area contributed by atoms with Gasteiger partial charge in [0.1, 0.15) is 0 Å². The van der Waals surface area contributed by atoms with Crippen LogP contribution >= 0.6 is 11.3 Å². The second-order valence-corrected chi connectivity index (χ2v) is 6.21. The van der Waals surface area contributed by atoms with Crippen molar-refractivity contribution in [3.63, 3.8) is 0 Å². The largest absolute Gasteiger partial charge is 0.399 e. The summed E-state index contributed by atoms with van der Waals surface area (Å²) in [5.74, 6) is 0. The molecule has 3 rings (SSSR count). The molecule has 1 aliphatic carbocycles. The fourth-order valence-electron chi connectivity index (χ4n) is 2.56. The molecule has 106 valence electrons. The average molecular weight is 290 g/mol. The third kappa shape index (κ3) is 3.01. The molecule has 1 aromatic carbocycles. The molecular formula is C14H18N4OS. The Bertz CT molecular complexity index is 619. The van der Waals surface area contributed by atoms with Gasteiger partial charge in [-0.15, -0.1) is 0 Å². The molecule has 1 aliphatic rings. The first kappa shape index (κ1) is 13.2. The molecule has 0 unspecified atom stereocenters. The van der Waals surface area contributed by atoms with Gasteiger partial charge >= 0.3 is 6.03 Å². The molecule has 1 heterocycles. The van der Waals surface area contributed by atoms with Gasteiger partial charge in [0.25, 0.3) is 0 Å². The zero-order valence-electron chi connectivity index (χ0n) is 11.2. The van der Waals surface area contributed by atoms with E-state index in [2.05, 4.69) is 15.6 Å². The lowest BCUT2D eigenvalue weighted by Crippen LogP contribution is -2.38. The molecule has 6 heteroatoms. The number of hydrogen-bond donors (Lipinski definition) is 3. The van der Waals surface area contributed by atoms with E-state index in [9.17, 15) is 4.79 Å². The van der Waals surface area contributed by atoms with Gasteiger partial charge in [-0.3, -0.25) is 5.32 Å². The third-order valence-corrected chi connectivity index (χ3v) is 4.51. The zero-order valence-corrected chi connectivity index (χ0v) is 12.0. The number of nitrogens with two attached hydrogens (primary N) is 1. The van der Waals surface area contributed by atoms with Crippen LogP contribution in [-0.4, -0.2) is 17.1 Å². The Morgan fingerprint density at radius 2 is 2.10 bits per heavy atom. The quantitative estimate of drug-likeness (QED) is 0.742. The van der Waals surface area contributed by atoms with E-state index in [4.69, 9.17) is 5.73 Å². The first-order valence-corrected chi connectivity index (χ1v) is 7.76. The van der Waals surface area contributed by atoms with Gasteiger partial charge in [-0.1, -0.05) is 30.6 Å². The van der Waals surface area contributed by atoms with Gasteiger partial charge < -0.3 is 11.1 Å². The van der Waals surface area contributed by atoms with E-state index in [0.29, 0.717) is 16.9 Å². The van der Waals surface area contributed by atoms with Crippen LogP contribution in [-0.2, 0) is 0 Å². The van der Waals surface area contributed by atoms with Crippen LogP contribution in [0.5, 0.6) is 0 Å². The number of thiazole rings is 1. The number of nitrogen functional groups attached to an aromatic ring is 1. The topological polar surface area (TPSA) is 80.0 Å². The summed E-state index contributed by atoms with van der Waals surface area (Å²) in [6, 6.07) is 5.69. The van der Waals surface area contributed by atoms with Crippen molar-refractivity contribution in [2.45, 2.75) is 38.1 Å². The van der Waals surface area contributed by atoms with Crippen molar-refractivity contribution < 1.29 is 4.79 Å². The minimum Gasteiger partial charge on any atom is -0.399 e. The Morgan fingerprint density at radius 3 is 2.90 bits per heavy atom. The summed E-state index contributed by atoms with van der Waals surface area (Å²) in [6.45, 7) is 0. The molecule has 5 nitrogen and oxygen atoms in total.